The molecule has 36 heavy (non-hydrogen) atoms. The normalized spacial score (nSPS) is 22.0. The number of benzene rings is 2. The largest absolute Gasteiger partial charge is 0.373 e. The molecule has 2 heterocycles. The van der Waals surface area contributed by atoms with Gasteiger partial charge in [0.05, 0.1) is 22.9 Å². The van der Waals surface area contributed by atoms with Gasteiger partial charge in [0.25, 0.3) is 0 Å². The number of halogens is 3. The Morgan fingerprint density at radius 1 is 1.22 bits per heavy atom. The molecule has 7 heteroatoms. The average Bonchev–Trinajstić information content (AvgIpc) is 3.47. The lowest BCUT2D eigenvalue weighted by Crippen LogP contribution is -2.57. The number of likely N-dealkylation sites (tertiary alicyclic amines) is 1. The summed E-state index contributed by atoms with van der Waals surface area (Å²) in [5.74, 6) is -0.419. The average molecular weight is 547 g/mol. The Morgan fingerprint density at radius 2 is 2.03 bits per heavy atom. The molecule has 1 spiro atoms. The molecule has 2 aliphatic heterocycles. The third-order valence-electron chi connectivity index (χ3n) is 8.14. The van der Waals surface area contributed by atoms with Crippen LogP contribution in [0.25, 0.3) is 0 Å². The summed E-state index contributed by atoms with van der Waals surface area (Å²) in [5.41, 5.74) is 7.49. The molecule has 1 fully saturated rings. The molecule has 0 saturated carbocycles. The number of fused-ring (bicyclic) bond motifs is 2. The number of rotatable bonds is 9. The molecule has 3 aliphatic rings. The van der Waals surface area contributed by atoms with E-state index in [4.69, 9.17) is 16.0 Å². The number of unbranched alkanes of at least 4 members (excludes halogenated alkanes) is 2. The minimum atomic E-state index is -0.941. The quantitative estimate of drug-likeness (QED) is 0.230. The number of nitrogens with zero attached hydrogens (tertiary/aromatic N) is 2. The Kier molecular flexibility index (Phi) is 7.50. The molecule has 1 aliphatic carbocycles. The van der Waals surface area contributed by atoms with Crippen LogP contribution < -0.4 is 0 Å². The van der Waals surface area contributed by atoms with Crippen molar-refractivity contribution >= 4 is 41.4 Å². The van der Waals surface area contributed by atoms with E-state index in [2.05, 4.69) is 36.6 Å². The lowest BCUT2D eigenvalue weighted by Gasteiger charge is -2.51. The van der Waals surface area contributed by atoms with Gasteiger partial charge in [-0.2, -0.15) is 3.89 Å². The molecule has 2 nitrogen and oxygen atoms in total. The van der Waals surface area contributed by atoms with Crippen LogP contribution in [0.1, 0.15) is 80.2 Å². The maximum atomic E-state index is 14.4. The van der Waals surface area contributed by atoms with Gasteiger partial charge in [0.15, 0.2) is 0 Å². The van der Waals surface area contributed by atoms with Crippen LogP contribution in [0, 0.1) is 5.82 Å². The fraction of sp³-hybridized carbons (Fsp3) is 0.483. The standard InChI is InChI=1S/C29H33ClF2N2S2/c1-4-6-7-8-19(3)34-17-28(18-34)12-11-21-13-22(9-10-24(21)28)26-16-29(35-32,36-33-26)23-14-20(5-2)27(31)25(30)15-23/h9-10,13-15H,3-8,11-12,16-18H2,1-2H3. The van der Waals surface area contributed by atoms with Crippen molar-refractivity contribution in [3.63, 3.8) is 0 Å². The first-order chi connectivity index (χ1) is 17.3. The van der Waals surface area contributed by atoms with Crippen LogP contribution in [-0.4, -0.2) is 23.7 Å². The van der Waals surface area contributed by atoms with Gasteiger partial charge in [-0.1, -0.05) is 63.1 Å². The zero-order valence-corrected chi connectivity index (χ0v) is 23.4. The number of aryl methyl sites for hydroxylation is 2. The summed E-state index contributed by atoms with van der Waals surface area (Å²) >= 11 is 7.64. The van der Waals surface area contributed by atoms with Gasteiger partial charge in [-0.25, -0.2) is 8.79 Å². The van der Waals surface area contributed by atoms with Gasteiger partial charge >= 0.3 is 0 Å². The molecule has 2 aromatic rings. The Balaban J connectivity index is 1.31. The van der Waals surface area contributed by atoms with Gasteiger partial charge in [-0.05, 0) is 84.0 Å². The Labute approximate surface area is 227 Å². The van der Waals surface area contributed by atoms with Gasteiger partial charge in [0.2, 0.25) is 0 Å². The molecule has 0 N–H and O–H groups in total. The molecule has 1 unspecified atom stereocenters. The third kappa shape index (κ3) is 4.52. The SMILES string of the molecule is C=C(CCCCC)N1CC2(CCc3cc(C4=NSC(SF)(c5cc(Cl)c(F)c(CC)c5)C4)ccc32)C1. The topological polar surface area (TPSA) is 15.6 Å². The maximum Gasteiger partial charge on any atom is 0.145 e. The van der Waals surface area contributed by atoms with Crippen molar-refractivity contribution in [3.8, 4) is 0 Å². The first-order valence-electron chi connectivity index (χ1n) is 12.9. The summed E-state index contributed by atoms with van der Waals surface area (Å²) in [6.45, 7) is 10.6. The Hall–Kier alpha value is -1.50. The molecule has 1 saturated heterocycles. The highest BCUT2D eigenvalue weighted by molar-refractivity contribution is 8.15. The number of hydrogen-bond acceptors (Lipinski definition) is 4. The van der Waals surface area contributed by atoms with Crippen LogP contribution in [0.2, 0.25) is 5.02 Å². The zero-order chi connectivity index (χ0) is 25.5. The van der Waals surface area contributed by atoms with Crippen molar-refractivity contribution in [1.82, 2.24) is 4.90 Å². The van der Waals surface area contributed by atoms with Crippen LogP contribution in [0.5, 0.6) is 0 Å². The molecule has 0 bridgehead atoms. The zero-order valence-electron chi connectivity index (χ0n) is 21.0. The van der Waals surface area contributed by atoms with Crippen LogP contribution in [-0.2, 0) is 22.3 Å². The van der Waals surface area contributed by atoms with Gasteiger partial charge in [-0.3, -0.25) is 0 Å². The second kappa shape index (κ2) is 10.3. The van der Waals surface area contributed by atoms with Gasteiger partial charge in [0.1, 0.15) is 9.90 Å². The summed E-state index contributed by atoms with van der Waals surface area (Å²) in [7, 11) is 0. The van der Waals surface area contributed by atoms with Gasteiger partial charge < -0.3 is 4.90 Å². The fourth-order valence-electron chi connectivity index (χ4n) is 5.91. The lowest BCUT2D eigenvalue weighted by atomic mass is 9.74. The summed E-state index contributed by atoms with van der Waals surface area (Å²) in [4.78, 5) is 2.46. The molecule has 0 amide bonds. The van der Waals surface area contributed by atoms with Crippen LogP contribution >= 0.6 is 35.7 Å². The maximum absolute atomic E-state index is 14.4. The smallest absolute Gasteiger partial charge is 0.145 e. The predicted octanol–water partition coefficient (Wildman–Crippen LogP) is 8.95. The second-order valence-electron chi connectivity index (χ2n) is 10.5. The molecule has 1 atom stereocenters. The summed E-state index contributed by atoms with van der Waals surface area (Å²) in [6.07, 6.45) is 7.99. The molecular formula is C29H33ClF2N2S2. The van der Waals surface area contributed by atoms with E-state index >= 15 is 0 Å². The highest BCUT2D eigenvalue weighted by Gasteiger charge is 2.49. The van der Waals surface area contributed by atoms with Gasteiger partial charge in [-0.15, -0.1) is 0 Å². The summed E-state index contributed by atoms with van der Waals surface area (Å²) < 4.78 is 32.5. The molecule has 192 valence electrons. The van der Waals surface area contributed by atoms with Crippen LogP contribution in [0.3, 0.4) is 0 Å². The van der Waals surface area contributed by atoms with E-state index in [1.54, 1.807) is 12.1 Å². The van der Waals surface area contributed by atoms with Crippen molar-refractivity contribution in [1.29, 1.82) is 0 Å². The highest BCUT2D eigenvalue weighted by atomic mass is 35.5. The van der Waals surface area contributed by atoms with Crippen molar-refractivity contribution in [2.45, 2.75) is 74.7 Å². The van der Waals surface area contributed by atoms with Crippen molar-refractivity contribution < 1.29 is 8.28 Å². The van der Waals surface area contributed by atoms with E-state index in [9.17, 15) is 8.28 Å². The summed E-state index contributed by atoms with van der Waals surface area (Å²) in [6, 6.07) is 9.98. The second-order valence-corrected chi connectivity index (χ2v) is 13.0. The lowest BCUT2D eigenvalue weighted by molar-refractivity contribution is 0.0982. The Morgan fingerprint density at radius 3 is 2.75 bits per heavy atom. The number of hydrogen-bond donors (Lipinski definition) is 0. The van der Waals surface area contributed by atoms with E-state index in [0.717, 1.165) is 37.2 Å². The molecular weight excluding hydrogens is 514 g/mol. The monoisotopic (exact) mass is 546 g/mol. The van der Waals surface area contributed by atoms with E-state index < -0.39 is 9.90 Å². The van der Waals surface area contributed by atoms with Crippen molar-refractivity contribution in [2.24, 2.45) is 4.40 Å². The van der Waals surface area contributed by atoms with E-state index in [1.165, 1.54) is 54.5 Å². The van der Waals surface area contributed by atoms with Gasteiger partial charge in [0, 0.05) is 30.6 Å². The molecule has 2 aromatic carbocycles. The number of allylic oxidation sites excluding steroid dienone is 1. The molecule has 0 radical (unpaired) electrons. The van der Waals surface area contributed by atoms with Crippen molar-refractivity contribution in [2.75, 3.05) is 13.1 Å². The van der Waals surface area contributed by atoms with E-state index in [1.807, 2.05) is 6.92 Å². The van der Waals surface area contributed by atoms with Crippen LogP contribution in [0.4, 0.5) is 8.28 Å². The fourth-order valence-corrected chi connectivity index (χ4v) is 7.63. The molecule has 0 aromatic heterocycles. The first-order valence-corrected chi connectivity index (χ1v) is 14.8. The van der Waals surface area contributed by atoms with Crippen molar-refractivity contribution in [3.05, 3.63) is 81.3 Å². The minimum absolute atomic E-state index is 0.0391. The molecule has 5 rings (SSSR count). The highest BCUT2D eigenvalue weighted by Crippen LogP contribution is 2.56. The van der Waals surface area contributed by atoms with Crippen LogP contribution in [0.15, 0.2) is 47.0 Å². The Bertz CT molecular complexity index is 1210. The van der Waals surface area contributed by atoms with E-state index in [-0.39, 0.29) is 22.6 Å². The predicted molar refractivity (Wildman–Crippen MR) is 151 cm³/mol. The minimum Gasteiger partial charge on any atom is -0.373 e. The third-order valence-corrected chi connectivity index (χ3v) is 10.4. The van der Waals surface area contributed by atoms with E-state index in [0.29, 0.717) is 24.0 Å². The first kappa shape index (κ1) is 26.1. The summed E-state index contributed by atoms with van der Waals surface area (Å²) in [5, 5.41) is 0.0391.